The van der Waals surface area contributed by atoms with Gasteiger partial charge in [-0.3, -0.25) is 0 Å². The van der Waals surface area contributed by atoms with E-state index in [0.717, 1.165) is 33.1 Å². The van der Waals surface area contributed by atoms with Gasteiger partial charge >= 0.3 is 65.7 Å². The molecule has 1 heterocycles. The molecule has 0 spiro atoms. The SMILES string of the molecule is Cc1cc([CH]=[Ti])c(C)o1.Cl.Cl.Oc1cccc2ccccc12.Oc1cccc2ccccc12. The van der Waals surface area contributed by atoms with Crippen molar-refractivity contribution >= 4 is 50.7 Å². The summed E-state index contributed by atoms with van der Waals surface area (Å²) in [5, 5.41) is 22.7. The third-order valence-corrected chi connectivity index (χ3v) is 5.25. The number of phenols is 2. The van der Waals surface area contributed by atoms with Crippen molar-refractivity contribution < 1.29 is 34.6 Å². The molecule has 0 aliphatic rings. The zero-order valence-electron chi connectivity index (χ0n) is 18.4. The number of fused-ring (bicyclic) bond motifs is 2. The molecule has 3 nitrogen and oxygen atoms in total. The molecule has 0 amide bonds. The summed E-state index contributed by atoms with van der Waals surface area (Å²) in [5.74, 6) is 2.70. The van der Waals surface area contributed by atoms with Gasteiger partial charge in [0, 0.05) is 10.8 Å². The molecule has 4 aromatic carbocycles. The minimum Gasteiger partial charge on any atom is -0.507 e. The Bertz CT molecular complexity index is 1230. The van der Waals surface area contributed by atoms with Gasteiger partial charge in [-0.25, -0.2) is 0 Å². The van der Waals surface area contributed by atoms with Gasteiger partial charge in [0.2, 0.25) is 0 Å². The Kier molecular flexibility index (Phi) is 12.0. The van der Waals surface area contributed by atoms with E-state index in [0.29, 0.717) is 11.5 Å². The number of benzene rings is 4. The molecule has 0 radical (unpaired) electrons. The molecule has 0 bridgehead atoms. The molecule has 33 heavy (non-hydrogen) atoms. The van der Waals surface area contributed by atoms with Gasteiger partial charge in [-0.05, 0) is 22.9 Å². The second kappa shape index (κ2) is 13.9. The summed E-state index contributed by atoms with van der Waals surface area (Å²) in [6.07, 6.45) is 0. The van der Waals surface area contributed by atoms with E-state index in [-0.39, 0.29) is 24.8 Å². The van der Waals surface area contributed by atoms with E-state index in [4.69, 9.17) is 4.42 Å². The Hall–Kier alpha value is -2.56. The number of hydrogen-bond donors (Lipinski definition) is 2. The van der Waals surface area contributed by atoms with Crippen molar-refractivity contribution in [3.05, 3.63) is 108 Å². The van der Waals surface area contributed by atoms with Gasteiger partial charge < -0.3 is 10.2 Å². The van der Waals surface area contributed by atoms with E-state index >= 15 is 0 Å². The first kappa shape index (κ1) is 28.5. The summed E-state index contributed by atoms with van der Waals surface area (Å²) >= 11 is 2.01. The smallest absolute Gasteiger partial charge is 0.123 e. The molecular weight excluding hydrogens is 491 g/mol. The third kappa shape index (κ3) is 7.76. The van der Waals surface area contributed by atoms with Gasteiger partial charge in [0.05, 0.1) is 0 Å². The zero-order chi connectivity index (χ0) is 22.2. The zero-order valence-corrected chi connectivity index (χ0v) is 21.6. The molecule has 0 aliphatic carbocycles. The van der Waals surface area contributed by atoms with Crippen LogP contribution in [0.4, 0.5) is 0 Å². The van der Waals surface area contributed by atoms with Gasteiger partial charge in [0.1, 0.15) is 11.5 Å². The Balaban J connectivity index is 0.000000242. The van der Waals surface area contributed by atoms with E-state index in [1.807, 2.05) is 117 Å². The fourth-order valence-electron chi connectivity index (χ4n) is 3.21. The Labute approximate surface area is 217 Å². The van der Waals surface area contributed by atoms with Gasteiger partial charge in [0.15, 0.2) is 0 Å². The third-order valence-electron chi connectivity index (χ3n) is 4.77. The largest absolute Gasteiger partial charge is 0.507 e. The van der Waals surface area contributed by atoms with Gasteiger partial charge in [-0.2, -0.15) is 0 Å². The second-order valence-electron chi connectivity index (χ2n) is 7.01. The molecule has 0 fully saturated rings. The van der Waals surface area contributed by atoms with Gasteiger partial charge in [-0.15, -0.1) is 24.8 Å². The van der Waals surface area contributed by atoms with Crippen LogP contribution in [-0.2, 0) is 20.0 Å². The van der Waals surface area contributed by atoms with Crippen LogP contribution in [0.3, 0.4) is 0 Å². The van der Waals surface area contributed by atoms with Gasteiger partial charge in [-0.1, -0.05) is 72.8 Å². The van der Waals surface area contributed by atoms with E-state index in [1.54, 1.807) is 12.1 Å². The molecule has 0 atom stereocenters. The van der Waals surface area contributed by atoms with Crippen LogP contribution >= 0.6 is 24.8 Å². The van der Waals surface area contributed by atoms with Crippen LogP contribution in [0.15, 0.2) is 95.4 Å². The van der Waals surface area contributed by atoms with Crippen LogP contribution in [0, 0.1) is 13.8 Å². The molecular formula is C27H26Cl2O3Ti. The van der Waals surface area contributed by atoms with Crippen molar-refractivity contribution in [1.29, 1.82) is 0 Å². The first-order valence-electron chi connectivity index (χ1n) is 9.90. The van der Waals surface area contributed by atoms with Crippen LogP contribution in [0.2, 0.25) is 0 Å². The Morgan fingerprint density at radius 2 is 1.09 bits per heavy atom. The summed E-state index contributed by atoms with van der Waals surface area (Å²) < 4.78 is 7.32. The average molecular weight is 517 g/mol. The van der Waals surface area contributed by atoms with E-state index in [1.165, 1.54) is 5.56 Å². The monoisotopic (exact) mass is 516 g/mol. The van der Waals surface area contributed by atoms with E-state index in [9.17, 15) is 10.2 Å². The number of halogens is 2. The fraction of sp³-hybridized carbons (Fsp3) is 0.0741. The normalized spacial score (nSPS) is 9.36. The summed E-state index contributed by atoms with van der Waals surface area (Å²) in [6.45, 7) is 3.93. The first-order chi connectivity index (χ1) is 15.0. The number of aryl methyl sites for hydroxylation is 2. The quantitative estimate of drug-likeness (QED) is 0.226. The Morgan fingerprint density at radius 3 is 1.42 bits per heavy atom. The molecule has 0 saturated heterocycles. The molecule has 6 heteroatoms. The summed E-state index contributed by atoms with van der Waals surface area (Å²) in [7, 11) is 0. The minimum absolute atomic E-state index is 0. The minimum atomic E-state index is 0. The van der Waals surface area contributed by atoms with Crippen molar-refractivity contribution in [2.75, 3.05) is 0 Å². The van der Waals surface area contributed by atoms with Crippen LogP contribution in [-0.4, -0.2) is 14.5 Å². The molecule has 170 valence electrons. The molecule has 0 unspecified atom stereocenters. The number of phenolic OH excluding ortho intramolecular Hbond substituents is 2. The molecule has 1 aromatic heterocycles. The fourth-order valence-corrected chi connectivity index (χ4v) is 3.66. The topological polar surface area (TPSA) is 53.6 Å². The van der Waals surface area contributed by atoms with Crippen molar-refractivity contribution in [1.82, 2.24) is 0 Å². The van der Waals surface area contributed by atoms with Gasteiger partial charge in [0.25, 0.3) is 0 Å². The number of furan rings is 1. The predicted octanol–water partition coefficient (Wildman–Crippen LogP) is 7.53. The molecule has 2 N–H and O–H groups in total. The standard InChI is InChI=1S/2C10H8O.C7H8O.2ClH.Ti/c2*11-10-7-3-5-8-4-1-2-6-9(8)10;1-5-4-6(2)8-7(5)3;;;/h2*1-7,11H;1,4H,2-3H3;2*1H;. The Morgan fingerprint density at radius 1 is 0.667 bits per heavy atom. The number of aromatic hydroxyl groups is 2. The maximum Gasteiger partial charge on any atom is 0.123 e. The maximum absolute atomic E-state index is 9.37. The summed E-state index contributed by atoms with van der Waals surface area (Å²) in [4.78, 5) is 0. The van der Waals surface area contributed by atoms with Crippen LogP contribution in [0.1, 0.15) is 17.1 Å². The van der Waals surface area contributed by atoms with Crippen molar-refractivity contribution in [2.45, 2.75) is 13.8 Å². The summed E-state index contributed by atoms with van der Waals surface area (Å²) in [5.41, 5.74) is 1.20. The van der Waals surface area contributed by atoms with Crippen molar-refractivity contribution in [3.63, 3.8) is 0 Å². The second-order valence-corrected chi connectivity index (χ2v) is 7.46. The molecule has 5 rings (SSSR count). The van der Waals surface area contributed by atoms with Crippen molar-refractivity contribution in [2.24, 2.45) is 0 Å². The maximum atomic E-state index is 9.37. The molecule has 0 aliphatic heterocycles. The number of hydrogen-bond acceptors (Lipinski definition) is 3. The first-order valence-corrected chi connectivity index (χ1v) is 10.8. The molecule has 0 saturated carbocycles. The predicted molar refractivity (Wildman–Crippen MR) is 139 cm³/mol. The van der Waals surface area contributed by atoms with Crippen LogP contribution in [0.5, 0.6) is 11.5 Å². The van der Waals surface area contributed by atoms with E-state index in [2.05, 4.69) is 0 Å². The summed E-state index contributed by atoms with van der Waals surface area (Å²) in [6, 6.07) is 28.6. The van der Waals surface area contributed by atoms with Crippen molar-refractivity contribution in [3.8, 4) is 11.5 Å². The van der Waals surface area contributed by atoms with Crippen LogP contribution < -0.4 is 0 Å². The van der Waals surface area contributed by atoms with E-state index < -0.39 is 0 Å². The molecule has 5 aromatic rings. The van der Waals surface area contributed by atoms with Crippen LogP contribution in [0.25, 0.3) is 21.5 Å². The number of rotatable bonds is 1. The average Bonchev–Trinajstić information content (AvgIpc) is 3.12.